The molecule has 102 valence electrons. The Bertz CT molecular complexity index is 475. The maximum absolute atomic E-state index is 11.2. The summed E-state index contributed by atoms with van der Waals surface area (Å²) in [6, 6.07) is 8.42. The quantitative estimate of drug-likeness (QED) is 0.875. The van der Waals surface area contributed by atoms with Gasteiger partial charge >= 0.3 is 6.09 Å². The molecule has 3 unspecified atom stereocenters. The van der Waals surface area contributed by atoms with Crippen molar-refractivity contribution in [2.24, 2.45) is 11.8 Å². The second kappa shape index (κ2) is 5.11. The maximum Gasteiger partial charge on any atom is 0.411 e. The number of carbonyl (C=O) groups is 1. The first-order chi connectivity index (χ1) is 9.24. The number of fused-ring (bicyclic) bond motifs is 2. The highest BCUT2D eigenvalue weighted by molar-refractivity contribution is 5.85. The van der Waals surface area contributed by atoms with Crippen molar-refractivity contribution in [3.05, 3.63) is 24.3 Å². The van der Waals surface area contributed by atoms with E-state index in [1.165, 1.54) is 32.8 Å². The molecule has 0 radical (unpaired) electrons. The van der Waals surface area contributed by atoms with Crippen molar-refractivity contribution in [3.8, 4) is 0 Å². The molecule has 2 aliphatic carbocycles. The minimum Gasteiger partial charge on any atom is -0.453 e. The Hall–Kier alpha value is -1.71. The van der Waals surface area contributed by atoms with Gasteiger partial charge in [0.05, 0.1) is 7.11 Å². The fourth-order valence-electron chi connectivity index (χ4n) is 3.49. The summed E-state index contributed by atoms with van der Waals surface area (Å²) in [6.45, 7) is 0. The lowest BCUT2D eigenvalue weighted by atomic mass is 9.95. The zero-order valence-electron chi connectivity index (χ0n) is 11.2. The van der Waals surface area contributed by atoms with Gasteiger partial charge in [-0.2, -0.15) is 0 Å². The molecule has 1 amide bonds. The molecule has 0 saturated heterocycles. The number of rotatable bonds is 3. The third kappa shape index (κ3) is 2.67. The molecule has 2 bridgehead atoms. The van der Waals surface area contributed by atoms with Crippen molar-refractivity contribution in [3.63, 3.8) is 0 Å². The van der Waals surface area contributed by atoms with E-state index in [0.29, 0.717) is 6.04 Å². The topological polar surface area (TPSA) is 50.4 Å². The number of anilines is 2. The van der Waals surface area contributed by atoms with Gasteiger partial charge in [0.15, 0.2) is 0 Å². The van der Waals surface area contributed by atoms with Crippen LogP contribution >= 0.6 is 0 Å². The SMILES string of the molecule is COC(=O)Nc1cccc(NC2CC3CCC2C3)c1. The number of hydrogen-bond acceptors (Lipinski definition) is 3. The molecule has 1 aromatic rings. The minimum absolute atomic E-state index is 0.433. The standard InChI is InChI=1S/C15H20N2O2/c1-19-15(18)17-13-4-2-3-12(9-13)16-14-8-10-5-6-11(14)7-10/h2-4,9-11,14,16H,5-8H2,1H3,(H,17,18). The van der Waals surface area contributed by atoms with E-state index in [1.807, 2.05) is 18.2 Å². The molecular weight excluding hydrogens is 240 g/mol. The monoisotopic (exact) mass is 260 g/mol. The van der Waals surface area contributed by atoms with Crippen LogP contribution in [0.25, 0.3) is 0 Å². The number of nitrogens with one attached hydrogen (secondary N) is 2. The van der Waals surface area contributed by atoms with Crippen molar-refractivity contribution in [2.45, 2.75) is 31.7 Å². The zero-order chi connectivity index (χ0) is 13.2. The van der Waals surface area contributed by atoms with E-state index in [4.69, 9.17) is 0 Å². The molecule has 2 aliphatic rings. The minimum atomic E-state index is -0.433. The van der Waals surface area contributed by atoms with Crippen molar-refractivity contribution < 1.29 is 9.53 Å². The average molecular weight is 260 g/mol. The van der Waals surface area contributed by atoms with E-state index < -0.39 is 6.09 Å². The van der Waals surface area contributed by atoms with E-state index in [1.54, 1.807) is 0 Å². The molecule has 0 aliphatic heterocycles. The van der Waals surface area contributed by atoms with E-state index >= 15 is 0 Å². The van der Waals surface area contributed by atoms with Crippen LogP contribution in [0.4, 0.5) is 16.2 Å². The largest absolute Gasteiger partial charge is 0.453 e. The van der Waals surface area contributed by atoms with Crippen LogP contribution in [0.3, 0.4) is 0 Å². The lowest BCUT2D eigenvalue weighted by Gasteiger charge is -2.24. The molecule has 3 atom stereocenters. The molecule has 0 heterocycles. The molecular formula is C15H20N2O2. The molecule has 4 heteroatoms. The number of ether oxygens (including phenoxy) is 1. The summed E-state index contributed by atoms with van der Waals surface area (Å²) in [4.78, 5) is 11.2. The number of hydrogen-bond donors (Lipinski definition) is 2. The number of carbonyl (C=O) groups excluding carboxylic acids is 1. The van der Waals surface area contributed by atoms with Crippen LogP contribution in [-0.2, 0) is 4.74 Å². The first-order valence-electron chi connectivity index (χ1n) is 6.96. The van der Waals surface area contributed by atoms with Gasteiger partial charge in [-0.3, -0.25) is 5.32 Å². The van der Waals surface area contributed by atoms with Gasteiger partial charge in [-0.1, -0.05) is 12.5 Å². The van der Waals surface area contributed by atoms with Gasteiger partial charge in [0.2, 0.25) is 0 Å². The van der Waals surface area contributed by atoms with E-state index in [0.717, 1.165) is 23.2 Å². The summed E-state index contributed by atoms with van der Waals surface area (Å²) in [5.74, 6) is 1.76. The Kier molecular flexibility index (Phi) is 3.32. The summed E-state index contributed by atoms with van der Waals surface area (Å²) in [6.07, 6.45) is 5.02. The third-order valence-electron chi connectivity index (χ3n) is 4.38. The predicted molar refractivity (Wildman–Crippen MR) is 75.3 cm³/mol. The second-order valence-corrected chi connectivity index (χ2v) is 5.62. The molecule has 19 heavy (non-hydrogen) atoms. The highest BCUT2D eigenvalue weighted by Gasteiger charge is 2.39. The second-order valence-electron chi connectivity index (χ2n) is 5.62. The van der Waals surface area contributed by atoms with Gasteiger partial charge in [-0.05, 0) is 49.3 Å². The molecule has 0 spiro atoms. The first kappa shape index (κ1) is 12.3. The van der Waals surface area contributed by atoms with Crippen LogP contribution in [0.5, 0.6) is 0 Å². The third-order valence-corrected chi connectivity index (χ3v) is 4.38. The number of benzene rings is 1. The Morgan fingerprint density at radius 1 is 1.26 bits per heavy atom. The van der Waals surface area contributed by atoms with Gasteiger partial charge in [0, 0.05) is 17.4 Å². The zero-order valence-corrected chi connectivity index (χ0v) is 11.2. The molecule has 4 nitrogen and oxygen atoms in total. The van der Waals surface area contributed by atoms with Gasteiger partial charge < -0.3 is 10.1 Å². The molecule has 3 rings (SSSR count). The summed E-state index contributed by atoms with van der Waals surface area (Å²) in [7, 11) is 1.37. The molecule has 2 saturated carbocycles. The smallest absolute Gasteiger partial charge is 0.411 e. The maximum atomic E-state index is 11.2. The van der Waals surface area contributed by atoms with Crippen molar-refractivity contribution >= 4 is 17.5 Å². The normalized spacial score (nSPS) is 28.2. The van der Waals surface area contributed by atoms with E-state index in [-0.39, 0.29) is 0 Å². The Morgan fingerprint density at radius 2 is 2.11 bits per heavy atom. The van der Waals surface area contributed by atoms with Crippen molar-refractivity contribution in [1.29, 1.82) is 0 Å². The molecule has 1 aromatic carbocycles. The molecule has 0 aromatic heterocycles. The van der Waals surface area contributed by atoms with E-state index in [2.05, 4.69) is 21.4 Å². The van der Waals surface area contributed by atoms with Gasteiger partial charge in [0.1, 0.15) is 0 Å². The predicted octanol–water partition coefficient (Wildman–Crippen LogP) is 3.47. The van der Waals surface area contributed by atoms with Crippen LogP contribution in [0.15, 0.2) is 24.3 Å². The first-order valence-corrected chi connectivity index (χ1v) is 6.96. The van der Waals surface area contributed by atoms with Gasteiger partial charge in [-0.15, -0.1) is 0 Å². The highest BCUT2D eigenvalue weighted by atomic mass is 16.5. The Morgan fingerprint density at radius 3 is 2.79 bits per heavy atom. The summed E-state index contributed by atoms with van der Waals surface area (Å²) in [5, 5.41) is 6.30. The van der Waals surface area contributed by atoms with Crippen LogP contribution in [-0.4, -0.2) is 19.2 Å². The Balaban J connectivity index is 1.64. The van der Waals surface area contributed by atoms with Crippen LogP contribution < -0.4 is 10.6 Å². The number of methoxy groups -OCH3 is 1. The van der Waals surface area contributed by atoms with Crippen molar-refractivity contribution in [1.82, 2.24) is 0 Å². The van der Waals surface area contributed by atoms with Gasteiger partial charge in [-0.25, -0.2) is 4.79 Å². The van der Waals surface area contributed by atoms with Crippen molar-refractivity contribution in [2.75, 3.05) is 17.7 Å². The van der Waals surface area contributed by atoms with Gasteiger partial charge in [0.25, 0.3) is 0 Å². The highest BCUT2D eigenvalue weighted by Crippen LogP contribution is 2.45. The number of amides is 1. The van der Waals surface area contributed by atoms with Crippen LogP contribution in [0, 0.1) is 11.8 Å². The fraction of sp³-hybridized carbons (Fsp3) is 0.533. The summed E-state index contributed by atoms with van der Waals surface area (Å²) < 4.78 is 4.60. The fourth-order valence-corrected chi connectivity index (χ4v) is 3.49. The molecule has 2 fully saturated rings. The van der Waals surface area contributed by atoms with E-state index in [9.17, 15) is 4.79 Å². The van der Waals surface area contributed by atoms with Crippen LogP contribution in [0.1, 0.15) is 25.7 Å². The lowest BCUT2D eigenvalue weighted by Crippen LogP contribution is -2.25. The Labute approximate surface area is 113 Å². The van der Waals surface area contributed by atoms with Crippen LogP contribution in [0.2, 0.25) is 0 Å². The molecule has 2 N–H and O–H groups in total. The average Bonchev–Trinajstić information content (AvgIpc) is 3.01. The lowest BCUT2D eigenvalue weighted by molar-refractivity contribution is 0.187. The summed E-state index contributed by atoms with van der Waals surface area (Å²) in [5.41, 5.74) is 1.84. The summed E-state index contributed by atoms with van der Waals surface area (Å²) >= 11 is 0.